The molecule has 3 fully saturated rings. The summed E-state index contributed by atoms with van der Waals surface area (Å²) < 4.78 is 10.2. The predicted molar refractivity (Wildman–Crippen MR) is 268 cm³/mol. The molecule has 11 rings (SSSR count). The van der Waals surface area contributed by atoms with Crippen LogP contribution in [-0.2, 0) is 30.8 Å². The van der Waals surface area contributed by atoms with Crippen LogP contribution in [0.2, 0.25) is 0 Å². The number of aromatic amines is 1. The second kappa shape index (κ2) is 21.4. The van der Waals surface area contributed by atoms with E-state index in [9.17, 15) is 9.59 Å². The molecule has 0 radical (unpaired) electrons. The Labute approximate surface area is 399 Å². The molecule has 0 spiro atoms. The number of aromatic nitrogens is 5. The van der Waals surface area contributed by atoms with Crippen molar-refractivity contribution in [2.45, 2.75) is 77.2 Å². The number of carbonyl (C=O) groups excluding carboxylic acids is 2. The number of piperidine rings is 2. The predicted octanol–water partition coefficient (Wildman–Crippen LogP) is 9.89. The van der Waals surface area contributed by atoms with E-state index in [-0.39, 0.29) is 18.3 Å². The minimum Gasteiger partial charge on any atom is -0.371 e. The van der Waals surface area contributed by atoms with Crippen molar-refractivity contribution in [3.63, 3.8) is 0 Å². The van der Waals surface area contributed by atoms with E-state index >= 15 is 0 Å². The van der Waals surface area contributed by atoms with Gasteiger partial charge in [0.2, 0.25) is 0 Å². The van der Waals surface area contributed by atoms with E-state index in [0.717, 1.165) is 120 Å². The zero-order chi connectivity index (χ0) is 46.1. The summed E-state index contributed by atoms with van der Waals surface area (Å²) in [5, 5.41) is 18.9. The maximum atomic E-state index is 12.6. The van der Waals surface area contributed by atoms with E-state index in [2.05, 4.69) is 90.3 Å². The van der Waals surface area contributed by atoms with E-state index in [0.29, 0.717) is 24.9 Å². The molecule has 4 aliphatic rings. The summed E-state index contributed by atoms with van der Waals surface area (Å²) in [6.45, 7) is 8.43. The van der Waals surface area contributed by atoms with Gasteiger partial charge in [-0.15, -0.1) is 0 Å². The maximum absolute atomic E-state index is 12.6. The van der Waals surface area contributed by atoms with Gasteiger partial charge in [0, 0.05) is 112 Å². The van der Waals surface area contributed by atoms with Crippen LogP contribution in [0.4, 0.5) is 15.3 Å². The normalized spacial score (nSPS) is 17.7. The molecule has 4 aromatic carbocycles. The summed E-state index contributed by atoms with van der Waals surface area (Å²) in [5.41, 5.74) is 11.0. The molecule has 352 valence electrons. The lowest BCUT2D eigenvalue weighted by molar-refractivity contribution is -0.0394. The third-order valence-corrected chi connectivity index (χ3v) is 14.4. The van der Waals surface area contributed by atoms with Crippen molar-refractivity contribution < 1.29 is 14.3 Å². The number of rotatable bonds is 11. The van der Waals surface area contributed by atoms with Gasteiger partial charge in [-0.2, -0.15) is 10.2 Å². The van der Waals surface area contributed by atoms with Gasteiger partial charge in [-0.05, 0) is 121 Å². The molecule has 4 amide bonds. The van der Waals surface area contributed by atoms with Crippen molar-refractivity contribution in [2.75, 3.05) is 50.8 Å². The highest BCUT2D eigenvalue weighted by Crippen LogP contribution is 2.34. The Morgan fingerprint density at radius 2 is 1.32 bits per heavy atom. The quantitative estimate of drug-likeness (QED) is 0.119. The molecular weight excluding hydrogens is 849 g/mol. The van der Waals surface area contributed by atoms with Gasteiger partial charge < -0.3 is 34.6 Å². The van der Waals surface area contributed by atoms with Crippen LogP contribution in [-0.4, -0.2) is 92.3 Å². The lowest BCUT2D eigenvalue weighted by Gasteiger charge is -2.34. The van der Waals surface area contributed by atoms with Crippen molar-refractivity contribution in [1.29, 1.82) is 0 Å². The summed E-state index contributed by atoms with van der Waals surface area (Å²) >= 11 is 0. The number of nitrogens with zero attached hydrogens (tertiary/aromatic N) is 7. The molecule has 1 atom stereocenters. The van der Waals surface area contributed by atoms with Gasteiger partial charge in [0.05, 0.1) is 12.4 Å². The van der Waals surface area contributed by atoms with E-state index in [1.54, 1.807) is 0 Å². The van der Waals surface area contributed by atoms with Gasteiger partial charge in [-0.25, -0.2) is 14.3 Å². The first-order chi connectivity index (χ1) is 33.5. The average molecular weight is 913 g/mol. The molecule has 3 N–H and O–H groups in total. The standard InChI is InChI=1S/C30H35N5O2.C25H29N5O/c36-30(31-19-23-6-2-1-3-7-23)33-14-11-24(12-15-33)21-34-16-13-26-18-25(9-10-28(26)34)27-20-32-35(22-27)29-8-4-5-17-37-29;31-25(26-15-19-4-2-1-3-5-19)29-11-8-20(9-12-29)18-30-13-10-22-14-21(6-7-24(22)30)23-16-27-28-17-23/h1-3,6-7,9-10,13,16,18,20,22,24,29H,4-5,8,11-12,14-15,17,19,21H2,(H,31,36);1-7,14,16-17,20H,8-13,15,18H2,(H,26,31)(H,27,28). The molecule has 0 saturated carbocycles. The van der Waals surface area contributed by atoms with Crippen LogP contribution in [0.25, 0.3) is 33.2 Å². The molecule has 7 heterocycles. The number of anilines is 1. The number of ether oxygens (including phenoxy) is 1. The van der Waals surface area contributed by atoms with Crippen molar-refractivity contribution >= 4 is 28.7 Å². The first-order valence-corrected chi connectivity index (χ1v) is 24.7. The minimum absolute atomic E-state index is 0.0413. The Morgan fingerprint density at radius 3 is 1.97 bits per heavy atom. The fourth-order valence-corrected chi connectivity index (χ4v) is 10.4. The van der Waals surface area contributed by atoms with Crippen LogP contribution in [0.15, 0.2) is 134 Å². The molecule has 68 heavy (non-hydrogen) atoms. The fourth-order valence-electron chi connectivity index (χ4n) is 10.4. The fraction of sp³-hybridized carbons (Fsp3) is 0.382. The Hall–Kier alpha value is -6.86. The Balaban J connectivity index is 0.000000161. The molecule has 13 nitrogen and oxygen atoms in total. The van der Waals surface area contributed by atoms with Crippen LogP contribution in [0.1, 0.15) is 67.9 Å². The van der Waals surface area contributed by atoms with Crippen LogP contribution in [0.3, 0.4) is 0 Å². The van der Waals surface area contributed by atoms with Crippen LogP contribution < -0.4 is 15.5 Å². The third-order valence-electron chi connectivity index (χ3n) is 14.4. The van der Waals surface area contributed by atoms with Gasteiger partial charge in [0.25, 0.3) is 0 Å². The number of nitrogens with one attached hydrogen (secondary N) is 3. The Bertz CT molecular complexity index is 2710. The molecule has 13 heteroatoms. The molecule has 3 saturated heterocycles. The summed E-state index contributed by atoms with van der Waals surface area (Å²) in [6, 6.07) is 35.9. The van der Waals surface area contributed by atoms with Gasteiger partial charge >= 0.3 is 12.1 Å². The highest BCUT2D eigenvalue weighted by molar-refractivity contribution is 5.85. The maximum Gasteiger partial charge on any atom is 0.317 e. The Kier molecular flexibility index (Phi) is 14.1. The van der Waals surface area contributed by atoms with Gasteiger partial charge in [-0.3, -0.25) is 5.10 Å². The van der Waals surface area contributed by atoms with Crippen LogP contribution in [0.5, 0.6) is 0 Å². The van der Waals surface area contributed by atoms with Crippen molar-refractivity contribution in [2.24, 2.45) is 11.8 Å². The van der Waals surface area contributed by atoms with E-state index in [1.807, 2.05) is 93.7 Å². The monoisotopic (exact) mass is 913 g/mol. The topological polar surface area (TPSA) is 129 Å². The van der Waals surface area contributed by atoms with Crippen molar-refractivity contribution in [1.82, 2.24) is 45.0 Å². The van der Waals surface area contributed by atoms with E-state index < -0.39 is 0 Å². The van der Waals surface area contributed by atoms with Crippen molar-refractivity contribution in [3.05, 3.63) is 151 Å². The second-order valence-electron chi connectivity index (χ2n) is 18.9. The first-order valence-electron chi connectivity index (χ1n) is 24.7. The molecule has 4 aliphatic heterocycles. The summed E-state index contributed by atoms with van der Waals surface area (Å²) in [6.07, 6.45) is 18.8. The molecule has 1 unspecified atom stereocenters. The summed E-state index contributed by atoms with van der Waals surface area (Å²) in [5.74, 6) is 1.21. The second-order valence-corrected chi connectivity index (χ2v) is 18.9. The Morgan fingerprint density at radius 1 is 0.662 bits per heavy atom. The lowest BCUT2D eigenvalue weighted by atomic mass is 9.96. The largest absolute Gasteiger partial charge is 0.371 e. The molecular formula is C55H64N10O3. The van der Waals surface area contributed by atoms with Crippen LogP contribution >= 0.6 is 0 Å². The van der Waals surface area contributed by atoms with Gasteiger partial charge in [-0.1, -0.05) is 72.8 Å². The SMILES string of the molecule is O=C(NCc1ccccc1)N1CCC(CN2CCc3cc(-c4cn[nH]c4)ccc32)CC1.O=C(NCc1ccccc1)N1CCC(Cn2ccc3cc(-c4cnn(C5CCCCO5)c4)ccc32)CC1. The third kappa shape index (κ3) is 10.9. The van der Waals surface area contributed by atoms with Gasteiger partial charge in [0.15, 0.2) is 0 Å². The number of urea groups is 2. The smallest absolute Gasteiger partial charge is 0.317 e. The first kappa shape index (κ1) is 44.9. The zero-order valence-electron chi connectivity index (χ0n) is 39.0. The van der Waals surface area contributed by atoms with Crippen LogP contribution in [0, 0.1) is 11.8 Å². The molecule has 0 bridgehead atoms. The molecule has 7 aromatic rings. The number of amides is 4. The molecule has 0 aliphatic carbocycles. The van der Waals surface area contributed by atoms with E-state index in [1.165, 1.54) is 39.7 Å². The summed E-state index contributed by atoms with van der Waals surface area (Å²) in [7, 11) is 0. The van der Waals surface area contributed by atoms with Gasteiger partial charge in [0.1, 0.15) is 6.23 Å². The highest BCUT2D eigenvalue weighted by atomic mass is 16.5. The number of hydrogen-bond donors (Lipinski definition) is 3. The average Bonchev–Trinajstić information content (AvgIpc) is 4.25. The number of fused-ring (bicyclic) bond motifs is 2. The number of H-pyrrole nitrogens is 1. The molecule has 3 aromatic heterocycles. The number of carbonyl (C=O) groups is 2. The summed E-state index contributed by atoms with van der Waals surface area (Å²) in [4.78, 5) is 31.6. The minimum atomic E-state index is 0.0413. The zero-order valence-corrected chi connectivity index (χ0v) is 39.0. The number of likely N-dealkylation sites (tertiary alicyclic amines) is 2. The lowest BCUT2D eigenvalue weighted by Crippen LogP contribution is -2.45. The van der Waals surface area contributed by atoms with Crippen molar-refractivity contribution in [3.8, 4) is 22.3 Å². The highest BCUT2D eigenvalue weighted by Gasteiger charge is 2.28. The number of hydrogen-bond acceptors (Lipinski definition) is 6. The number of benzene rings is 4. The van der Waals surface area contributed by atoms with E-state index in [4.69, 9.17) is 4.74 Å².